The molecule has 7 heteroatoms. The van der Waals surface area contributed by atoms with E-state index in [0.29, 0.717) is 10.6 Å². The number of nitrogens with zero attached hydrogens (tertiary/aromatic N) is 1. The van der Waals surface area contributed by atoms with Gasteiger partial charge in [0.2, 0.25) is 0 Å². The summed E-state index contributed by atoms with van der Waals surface area (Å²) in [5.41, 5.74) is -0.281. The van der Waals surface area contributed by atoms with Gasteiger partial charge >= 0.3 is 12.1 Å². The lowest BCUT2D eigenvalue weighted by Crippen LogP contribution is -2.39. The van der Waals surface area contributed by atoms with Crippen LogP contribution >= 0.6 is 11.6 Å². The van der Waals surface area contributed by atoms with Crippen LogP contribution in [-0.4, -0.2) is 40.8 Å². The standard InChI is InChI=1S/C21H24ClNO5/c1-15(16-8-10-18(22)11-9-16)23(20(26)28-2)13-12-21(27,14-19(24)25)17-6-4-3-5-7-17/h3-11,15,27H,12-14H2,1-2H3,(H,24,25)/t15-,21?/m0/s1. The van der Waals surface area contributed by atoms with Crippen LogP contribution in [0.25, 0.3) is 0 Å². The predicted molar refractivity (Wildman–Crippen MR) is 106 cm³/mol. The average molecular weight is 406 g/mol. The Balaban J connectivity index is 2.26. The second kappa shape index (κ2) is 9.57. The maximum Gasteiger partial charge on any atom is 0.409 e. The highest BCUT2D eigenvalue weighted by Crippen LogP contribution is 2.31. The molecule has 0 spiro atoms. The minimum atomic E-state index is -1.61. The van der Waals surface area contributed by atoms with Crippen LogP contribution in [0, 0.1) is 0 Å². The zero-order valence-corrected chi connectivity index (χ0v) is 16.6. The van der Waals surface area contributed by atoms with E-state index >= 15 is 0 Å². The van der Waals surface area contributed by atoms with Crippen LogP contribution in [-0.2, 0) is 15.1 Å². The smallest absolute Gasteiger partial charge is 0.409 e. The van der Waals surface area contributed by atoms with E-state index in [-0.39, 0.29) is 19.0 Å². The molecule has 28 heavy (non-hydrogen) atoms. The van der Waals surface area contributed by atoms with E-state index in [1.54, 1.807) is 42.5 Å². The number of amides is 1. The number of aliphatic hydroxyl groups is 1. The first kappa shape index (κ1) is 21.7. The molecule has 0 saturated carbocycles. The number of rotatable bonds is 8. The van der Waals surface area contributed by atoms with E-state index in [2.05, 4.69) is 0 Å². The highest BCUT2D eigenvalue weighted by Gasteiger charge is 2.34. The molecule has 2 aromatic rings. The largest absolute Gasteiger partial charge is 0.481 e. The van der Waals surface area contributed by atoms with Crippen LogP contribution in [0.4, 0.5) is 4.79 Å². The second-order valence-electron chi connectivity index (χ2n) is 6.61. The Morgan fingerprint density at radius 1 is 1.14 bits per heavy atom. The maximum absolute atomic E-state index is 12.3. The molecule has 6 nitrogen and oxygen atoms in total. The van der Waals surface area contributed by atoms with Gasteiger partial charge in [0.15, 0.2) is 0 Å². The number of methoxy groups -OCH3 is 1. The molecule has 0 aliphatic carbocycles. The molecule has 0 fully saturated rings. The molecule has 0 heterocycles. The maximum atomic E-state index is 12.3. The van der Waals surface area contributed by atoms with Crippen LogP contribution in [0.2, 0.25) is 5.02 Å². The van der Waals surface area contributed by atoms with Crippen molar-refractivity contribution in [1.82, 2.24) is 4.90 Å². The molecule has 0 saturated heterocycles. The monoisotopic (exact) mass is 405 g/mol. The third kappa shape index (κ3) is 5.47. The number of carboxylic acid groups (broad SMARTS) is 1. The average Bonchev–Trinajstić information content (AvgIpc) is 2.68. The van der Waals surface area contributed by atoms with Gasteiger partial charge in [0.25, 0.3) is 0 Å². The first-order chi connectivity index (χ1) is 13.3. The predicted octanol–water partition coefficient (Wildman–Crippen LogP) is 4.22. The summed E-state index contributed by atoms with van der Waals surface area (Å²) in [5, 5.41) is 20.9. The van der Waals surface area contributed by atoms with Crippen molar-refractivity contribution in [3.63, 3.8) is 0 Å². The number of benzene rings is 2. The molecule has 0 aliphatic heterocycles. The van der Waals surface area contributed by atoms with Crippen molar-refractivity contribution >= 4 is 23.7 Å². The van der Waals surface area contributed by atoms with E-state index in [9.17, 15) is 19.8 Å². The Bertz CT molecular complexity index is 796. The van der Waals surface area contributed by atoms with Gasteiger partial charge in [-0.15, -0.1) is 0 Å². The third-order valence-corrected chi connectivity index (χ3v) is 5.00. The summed E-state index contributed by atoms with van der Waals surface area (Å²) in [7, 11) is 1.28. The fraction of sp³-hybridized carbons (Fsp3) is 0.333. The number of carbonyl (C=O) groups is 2. The molecule has 0 radical (unpaired) electrons. The molecule has 1 amide bonds. The third-order valence-electron chi connectivity index (χ3n) is 4.75. The molecule has 2 atom stereocenters. The van der Waals surface area contributed by atoms with E-state index in [0.717, 1.165) is 5.56 Å². The lowest BCUT2D eigenvalue weighted by molar-refractivity contribution is -0.143. The van der Waals surface area contributed by atoms with Crippen molar-refractivity contribution in [2.24, 2.45) is 0 Å². The lowest BCUT2D eigenvalue weighted by atomic mass is 9.87. The van der Waals surface area contributed by atoms with Gasteiger partial charge in [-0.05, 0) is 36.6 Å². The Hall–Kier alpha value is -2.57. The Morgan fingerprint density at radius 3 is 2.29 bits per heavy atom. The second-order valence-corrected chi connectivity index (χ2v) is 7.05. The van der Waals surface area contributed by atoms with Crippen LogP contribution in [0.3, 0.4) is 0 Å². The molecule has 0 aromatic heterocycles. The molecule has 0 aliphatic rings. The minimum Gasteiger partial charge on any atom is -0.481 e. The van der Waals surface area contributed by atoms with Gasteiger partial charge in [0.1, 0.15) is 5.60 Å². The van der Waals surface area contributed by atoms with Gasteiger partial charge < -0.3 is 19.8 Å². The minimum absolute atomic E-state index is 0.0380. The number of aliphatic carboxylic acids is 1. The molecular weight excluding hydrogens is 382 g/mol. The normalized spacial score (nSPS) is 14.0. The topological polar surface area (TPSA) is 87.1 Å². The molecule has 2 N–H and O–H groups in total. The van der Waals surface area contributed by atoms with Crippen molar-refractivity contribution in [2.75, 3.05) is 13.7 Å². The number of carboxylic acids is 1. The van der Waals surface area contributed by atoms with Crippen LogP contribution in [0.5, 0.6) is 0 Å². The molecular formula is C21H24ClNO5. The van der Waals surface area contributed by atoms with E-state index in [1.807, 2.05) is 19.1 Å². The number of hydrogen-bond acceptors (Lipinski definition) is 4. The van der Waals surface area contributed by atoms with Gasteiger partial charge in [-0.25, -0.2) is 4.79 Å². The van der Waals surface area contributed by atoms with Crippen molar-refractivity contribution in [3.8, 4) is 0 Å². The zero-order chi connectivity index (χ0) is 20.7. The summed E-state index contributed by atoms with van der Waals surface area (Å²) in [6.45, 7) is 1.94. The number of hydrogen-bond donors (Lipinski definition) is 2. The van der Waals surface area contributed by atoms with Gasteiger partial charge in [0, 0.05) is 11.6 Å². The SMILES string of the molecule is COC(=O)N(CCC(O)(CC(=O)O)c1ccccc1)[C@@H](C)c1ccc(Cl)cc1. The quantitative estimate of drug-likeness (QED) is 0.686. The Kier molecular flexibility index (Phi) is 7.43. The summed E-state index contributed by atoms with van der Waals surface area (Å²) in [6, 6.07) is 15.3. The van der Waals surface area contributed by atoms with Crippen LogP contribution in [0.1, 0.15) is 36.9 Å². The lowest BCUT2D eigenvalue weighted by Gasteiger charge is -2.33. The van der Waals surface area contributed by atoms with Gasteiger partial charge in [-0.3, -0.25) is 4.79 Å². The summed E-state index contributed by atoms with van der Waals surface area (Å²) in [5.74, 6) is -1.12. The molecule has 2 rings (SSSR count). The van der Waals surface area contributed by atoms with Crippen LogP contribution < -0.4 is 0 Å². The fourth-order valence-electron chi connectivity index (χ4n) is 3.12. The van der Waals surface area contributed by atoms with Crippen molar-refractivity contribution in [3.05, 3.63) is 70.7 Å². The van der Waals surface area contributed by atoms with E-state index in [4.69, 9.17) is 16.3 Å². The first-order valence-corrected chi connectivity index (χ1v) is 9.24. The Morgan fingerprint density at radius 2 is 1.75 bits per heavy atom. The van der Waals surface area contributed by atoms with Gasteiger partial charge in [0.05, 0.1) is 19.6 Å². The highest BCUT2D eigenvalue weighted by molar-refractivity contribution is 6.30. The summed E-state index contributed by atoms with van der Waals surface area (Å²) in [6.07, 6.45) is -0.995. The molecule has 1 unspecified atom stereocenters. The number of carbonyl (C=O) groups excluding carboxylic acids is 1. The number of ether oxygens (including phenoxy) is 1. The summed E-state index contributed by atoms with van der Waals surface area (Å²) < 4.78 is 4.89. The van der Waals surface area contributed by atoms with Crippen molar-refractivity contribution in [1.29, 1.82) is 0 Å². The van der Waals surface area contributed by atoms with Crippen molar-refractivity contribution < 1.29 is 24.5 Å². The van der Waals surface area contributed by atoms with Crippen LogP contribution in [0.15, 0.2) is 54.6 Å². The summed E-state index contributed by atoms with van der Waals surface area (Å²) >= 11 is 5.93. The molecule has 2 aromatic carbocycles. The van der Waals surface area contributed by atoms with Gasteiger partial charge in [-0.1, -0.05) is 54.1 Å². The summed E-state index contributed by atoms with van der Waals surface area (Å²) in [4.78, 5) is 25.1. The van der Waals surface area contributed by atoms with E-state index < -0.39 is 24.1 Å². The first-order valence-electron chi connectivity index (χ1n) is 8.86. The highest BCUT2D eigenvalue weighted by atomic mass is 35.5. The zero-order valence-electron chi connectivity index (χ0n) is 15.8. The molecule has 150 valence electrons. The van der Waals surface area contributed by atoms with Gasteiger partial charge in [-0.2, -0.15) is 0 Å². The molecule has 0 bridgehead atoms. The van der Waals surface area contributed by atoms with E-state index in [1.165, 1.54) is 12.0 Å². The van der Waals surface area contributed by atoms with Crippen molar-refractivity contribution in [2.45, 2.75) is 31.4 Å². The number of halogens is 1. The fourth-order valence-corrected chi connectivity index (χ4v) is 3.25. The Labute approximate surface area is 169 Å².